The van der Waals surface area contributed by atoms with Crippen molar-refractivity contribution in [2.75, 3.05) is 26.7 Å². The van der Waals surface area contributed by atoms with E-state index in [-0.39, 0.29) is 28.8 Å². The molecule has 10 heteroatoms. The molecule has 218 valence electrons. The van der Waals surface area contributed by atoms with E-state index in [0.717, 1.165) is 41.4 Å². The van der Waals surface area contributed by atoms with Gasteiger partial charge in [0.2, 0.25) is 0 Å². The van der Waals surface area contributed by atoms with Crippen LogP contribution >= 0.6 is 11.6 Å². The van der Waals surface area contributed by atoms with Crippen molar-refractivity contribution < 1.29 is 32.9 Å². The first kappa shape index (κ1) is 30.6. The second-order valence-electron chi connectivity index (χ2n) is 10.3. The molecule has 6 nitrogen and oxygen atoms in total. The number of hydrogen-bond donors (Lipinski definition) is 2. The van der Waals surface area contributed by atoms with Gasteiger partial charge in [0.05, 0.1) is 35.9 Å². The number of aliphatic hydroxyl groups excluding tert-OH is 1. The van der Waals surface area contributed by atoms with E-state index in [9.17, 15) is 28.2 Å². The highest BCUT2D eigenvalue weighted by Gasteiger charge is 2.31. The maximum Gasteiger partial charge on any atom is 0.416 e. The molecule has 0 saturated carbocycles. The molecule has 3 atom stereocenters. The topological polar surface area (TPSA) is 82.9 Å². The lowest BCUT2D eigenvalue weighted by atomic mass is 9.79. The maximum atomic E-state index is 13.1. The Morgan fingerprint density at radius 1 is 1.20 bits per heavy atom. The second-order valence-corrected chi connectivity index (χ2v) is 10.8. The zero-order chi connectivity index (χ0) is 29.6. The summed E-state index contributed by atoms with van der Waals surface area (Å²) in [5.41, 5.74) is 0.857. The van der Waals surface area contributed by atoms with Gasteiger partial charge in [0.1, 0.15) is 5.75 Å². The first-order valence-corrected chi connectivity index (χ1v) is 13.8. The van der Waals surface area contributed by atoms with Gasteiger partial charge in [0, 0.05) is 30.1 Å². The number of aliphatic hydroxyl groups is 1. The number of halogens is 4. The summed E-state index contributed by atoms with van der Waals surface area (Å²) in [7, 11) is 1.59. The van der Waals surface area contributed by atoms with Crippen LogP contribution in [0.5, 0.6) is 5.75 Å². The van der Waals surface area contributed by atoms with E-state index >= 15 is 0 Å². The monoisotopic (exact) mass is 588 g/mol. The molecule has 2 N–H and O–H groups in total. The summed E-state index contributed by atoms with van der Waals surface area (Å²) >= 11 is 6.06. The number of aromatic nitrogens is 1. The van der Waals surface area contributed by atoms with Crippen LogP contribution in [0, 0.1) is 23.7 Å². The number of benzene rings is 2. The van der Waals surface area contributed by atoms with Crippen LogP contribution in [-0.4, -0.2) is 52.8 Å². The molecule has 0 radical (unpaired) electrons. The van der Waals surface area contributed by atoms with Crippen LogP contribution in [0.25, 0.3) is 10.9 Å². The van der Waals surface area contributed by atoms with Crippen LogP contribution in [-0.2, 0) is 11.0 Å². The number of carboxylic acids is 1. The molecule has 4 rings (SSSR count). The van der Waals surface area contributed by atoms with Crippen molar-refractivity contribution in [3.8, 4) is 17.6 Å². The van der Waals surface area contributed by atoms with Gasteiger partial charge in [-0.15, -0.1) is 0 Å². The molecule has 1 aromatic heterocycles. The molecule has 0 spiro atoms. The predicted octanol–water partition coefficient (Wildman–Crippen LogP) is 6.58. The van der Waals surface area contributed by atoms with Gasteiger partial charge in [-0.2, -0.15) is 13.2 Å². The zero-order valence-corrected chi connectivity index (χ0v) is 23.4. The van der Waals surface area contributed by atoms with Crippen molar-refractivity contribution in [1.29, 1.82) is 0 Å². The molecule has 2 aromatic carbocycles. The Morgan fingerprint density at radius 3 is 2.73 bits per heavy atom. The van der Waals surface area contributed by atoms with E-state index in [0.29, 0.717) is 38.2 Å². The summed E-state index contributed by atoms with van der Waals surface area (Å²) in [6.45, 7) is 1.66. The minimum Gasteiger partial charge on any atom is -0.497 e. The lowest BCUT2D eigenvalue weighted by Crippen LogP contribution is -2.41. The number of alkyl halides is 3. The van der Waals surface area contributed by atoms with E-state index in [1.54, 1.807) is 13.3 Å². The third-order valence-electron chi connectivity index (χ3n) is 7.68. The molecule has 1 aliphatic rings. The summed E-state index contributed by atoms with van der Waals surface area (Å²) in [5.74, 6) is 5.82. The van der Waals surface area contributed by atoms with Crippen molar-refractivity contribution in [3.63, 3.8) is 0 Å². The number of carbonyl (C=O) groups is 1. The zero-order valence-electron chi connectivity index (χ0n) is 22.6. The number of aliphatic carboxylic acids is 1. The number of nitrogens with zero attached hydrogens (tertiary/aromatic N) is 2. The standard InChI is InChI=1S/C31H32ClF3N2O4/c1-41-24-7-9-28-26(18-24)25(12-14-36-28)29(38)10-4-20-13-16-37(19-22(20)5-11-30(39)40)15-2-3-21-17-23(31(33,34)35)6-8-27(21)32/h6-9,12,14,17-18,20,22,29,38H,4-5,10-11,13,15-16,19H2,1H3,(H,39,40)/t20?,22?,29-/m0/s1. The fraction of sp³-hybridized carbons (Fsp3) is 0.419. The fourth-order valence-electron chi connectivity index (χ4n) is 5.45. The van der Waals surface area contributed by atoms with E-state index in [4.69, 9.17) is 16.3 Å². The van der Waals surface area contributed by atoms with Gasteiger partial charge >= 0.3 is 12.1 Å². The Kier molecular flexibility index (Phi) is 10.1. The molecule has 3 aromatic rings. The summed E-state index contributed by atoms with van der Waals surface area (Å²) in [6, 6.07) is 10.4. The minimum absolute atomic E-state index is 0.0396. The maximum absolute atomic E-state index is 13.1. The van der Waals surface area contributed by atoms with Gasteiger partial charge in [0.15, 0.2) is 0 Å². The smallest absolute Gasteiger partial charge is 0.416 e. The third kappa shape index (κ3) is 8.13. The molecule has 0 amide bonds. The Labute approximate surface area is 242 Å². The molecule has 2 unspecified atom stereocenters. The molecule has 1 aliphatic heterocycles. The normalized spacial score (nSPS) is 18.5. The molecule has 0 aliphatic carbocycles. The number of ether oxygens (including phenoxy) is 1. The van der Waals surface area contributed by atoms with Crippen molar-refractivity contribution in [3.05, 3.63) is 70.4 Å². The average Bonchev–Trinajstić information content (AvgIpc) is 2.95. The van der Waals surface area contributed by atoms with Gasteiger partial charge in [-0.1, -0.05) is 23.4 Å². The molecule has 0 bridgehead atoms. The Morgan fingerprint density at radius 2 is 2.00 bits per heavy atom. The van der Waals surface area contributed by atoms with Crippen molar-refractivity contribution in [2.45, 2.75) is 44.4 Å². The Hall–Kier alpha value is -3.32. The molecule has 1 fully saturated rings. The van der Waals surface area contributed by atoms with E-state index < -0.39 is 23.8 Å². The fourth-order valence-corrected chi connectivity index (χ4v) is 5.62. The van der Waals surface area contributed by atoms with Crippen LogP contribution in [0.2, 0.25) is 5.02 Å². The lowest BCUT2D eigenvalue weighted by Gasteiger charge is -2.38. The first-order valence-electron chi connectivity index (χ1n) is 13.5. The summed E-state index contributed by atoms with van der Waals surface area (Å²) in [5, 5.41) is 21.4. The lowest BCUT2D eigenvalue weighted by molar-refractivity contribution is -0.138. The largest absolute Gasteiger partial charge is 0.497 e. The van der Waals surface area contributed by atoms with Crippen LogP contribution in [0.3, 0.4) is 0 Å². The highest BCUT2D eigenvalue weighted by Crippen LogP contribution is 2.35. The molecule has 1 saturated heterocycles. The number of likely N-dealkylation sites (tertiary alicyclic amines) is 1. The molecular formula is C31H32ClF3N2O4. The van der Waals surface area contributed by atoms with Crippen molar-refractivity contribution in [1.82, 2.24) is 9.88 Å². The summed E-state index contributed by atoms with van der Waals surface area (Å²) in [6.07, 6.45) is -0.952. The van der Waals surface area contributed by atoms with Crippen molar-refractivity contribution >= 4 is 28.5 Å². The number of methoxy groups -OCH3 is 1. The van der Waals surface area contributed by atoms with Gasteiger partial charge in [0.25, 0.3) is 0 Å². The van der Waals surface area contributed by atoms with Gasteiger partial charge in [-0.05, 0) is 92.1 Å². The number of carboxylic acid groups (broad SMARTS) is 1. The van der Waals surface area contributed by atoms with Crippen LogP contribution in [0.1, 0.15) is 54.9 Å². The molecular weight excluding hydrogens is 557 g/mol. The number of rotatable bonds is 9. The highest BCUT2D eigenvalue weighted by atomic mass is 35.5. The number of hydrogen-bond acceptors (Lipinski definition) is 5. The number of pyridine rings is 1. The SMILES string of the molecule is COc1ccc2nccc([C@@H](O)CCC3CCN(CC#Cc4cc(C(F)(F)F)ccc4Cl)CC3CCC(=O)O)c2c1. The first-order chi connectivity index (χ1) is 19.5. The van der Waals surface area contributed by atoms with Crippen LogP contribution < -0.4 is 4.74 Å². The van der Waals surface area contributed by atoms with Crippen LogP contribution in [0.15, 0.2) is 48.7 Å². The van der Waals surface area contributed by atoms with E-state index in [2.05, 4.69) is 21.7 Å². The third-order valence-corrected chi connectivity index (χ3v) is 8.01. The summed E-state index contributed by atoms with van der Waals surface area (Å²) in [4.78, 5) is 17.8. The average molecular weight is 589 g/mol. The van der Waals surface area contributed by atoms with Crippen LogP contribution in [0.4, 0.5) is 13.2 Å². The summed E-state index contributed by atoms with van der Waals surface area (Å²) < 4.78 is 44.5. The van der Waals surface area contributed by atoms with E-state index in [1.165, 1.54) is 6.07 Å². The number of fused-ring (bicyclic) bond motifs is 1. The number of piperidine rings is 1. The molecule has 41 heavy (non-hydrogen) atoms. The Balaban J connectivity index is 1.41. The second kappa shape index (κ2) is 13.6. The molecule has 2 heterocycles. The van der Waals surface area contributed by atoms with Gasteiger partial charge in [-0.25, -0.2) is 0 Å². The minimum atomic E-state index is -4.48. The Bertz CT molecular complexity index is 1440. The van der Waals surface area contributed by atoms with Gasteiger partial charge < -0.3 is 14.9 Å². The quantitative estimate of drug-likeness (QED) is 0.275. The predicted molar refractivity (Wildman–Crippen MR) is 151 cm³/mol. The van der Waals surface area contributed by atoms with Crippen molar-refractivity contribution in [2.24, 2.45) is 11.8 Å². The van der Waals surface area contributed by atoms with Gasteiger partial charge in [-0.3, -0.25) is 14.7 Å². The van der Waals surface area contributed by atoms with E-state index in [1.807, 2.05) is 24.3 Å². The highest BCUT2D eigenvalue weighted by molar-refractivity contribution is 6.31.